The molecule has 0 saturated carbocycles. The highest BCUT2D eigenvalue weighted by Crippen LogP contribution is 2.22. The Morgan fingerprint density at radius 3 is 2.24 bits per heavy atom. The van der Waals surface area contributed by atoms with Gasteiger partial charge >= 0.3 is 0 Å². The number of nitrogens with one attached hydrogen (secondary N) is 1. The highest BCUT2D eigenvalue weighted by molar-refractivity contribution is 7.12. The van der Waals surface area contributed by atoms with E-state index in [9.17, 15) is 9.59 Å². The number of hydrogen-bond acceptors (Lipinski definition) is 4. The van der Waals surface area contributed by atoms with Crippen molar-refractivity contribution in [3.63, 3.8) is 0 Å². The molecule has 0 bridgehead atoms. The van der Waals surface area contributed by atoms with Gasteiger partial charge in [0, 0.05) is 18.5 Å². The Bertz CT molecular complexity index is 827. The minimum atomic E-state index is -0.179. The van der Waals surface area contributed by atoms with Gasteiger partial charge in [-0.3, -0.25) is 9.59 Å². The highest BCUT2D eigenvalue weighted by Gasteiger charge is 2.10. The van der Waals surface area contributed by atoms with E-state index in [-0.39, 0.29) is 24.5 Å². The lowest BCUT2D eigenvalue weighted by atomic mass is 10.2. The third kappa shape index (κ3) is 5.02. The largest absolute Gasteiger partial charge is 0.457 e. The summed E-state index contributed by atoms with van der Waals surface area (Å²) in [7, 11) is 0. The van der Waals surface area contributed by atoms with Crippen molar-refractivity contribution in [2.45, 2.75) is 12.8 Å². The second-order valence-corrected chi connectivity index (χ2v) is 6.34. The Kier molecular flexibility index (Phi) is 5.59. The molecule has 0 aliphatic heterocycles. The molecule has 1 amide bonds. The van der Waals surface area contributed by atoms with Crippen LogP contribution in [0.4, 0.5) is 5.69 Å². The van der Waals surface area contributed by atoms with Crippen LogP contribution in [-0.4, -0.2) is 11.7 Å². The minimum Gasteiger partial charge on any atom is -0.457 e. The SMILES string of the molecule is O=C(CCC(=O)c1cccs1)Nc1ccc(Oc2ccccc2)cc1. The van der Waals surface area contributed by atoms with E-state index >= 15 is 0 Å². The monoisotopic (exact) mass is 351 g/mol. The fourth-order valence-corrected chi connectivity index (χ4v) is 2.94. The quantitative estimate of drug-likeness (QED) is 0.600. The highest BCUT2D eigenvalue weighted by atomic mass is 32.1. The zero-order valence-electron chi connectivity index (χ0n) is 13.5. The van der Waals surface area contributed by atoms with Gasteiger partial charge in [0.25, 0.3) is 0 Å². The van der Waals surface area contributed by atoms with Crippen LogP contribution < -0.4 is 10.1 Å². The molecule has 1 N–H and O–H groups in total. The van der Waals surface area contributed by atoms with Crippen LogP contribution >= 0.6 is 11.3 Å². The van der Waals surface area contributed by atoms with E-state index in [1.165, 1.54) is 11.3 Å². The summed E-state index contributed by atoms with van der Waals surface area (Å²) in [6, 6.07) is 20.2. The molecule has 4 nitrogen and oxygen atoms in total. The molecule has 2 aromatic carbocycles. The van der Waals surface area contributed by atoms with Gasteiger partial charge in [-0.2, -0.15) is 0 Å². The van der Waals surface area contributed by atoms with Gasteiger partial charge in [-0.25, -0.2) is 0 Å². The Labute approximate surface area is 150 Å². The summed E-state index contributed by atoms with van der Waals surface area (Å²) < 4.78 is 5.70. The van der Waals surface area contributed by atoms with Crippen LogP contribution in [-0.2, 0) is 4.79 Å². The summed E-state index contributed by atoms with van der Waals surface area (Å²) in [5.74, 6) is 1.27. The summed E-state index contributed by atoms with van der Waals surface area (Å²) in [4.78, 5) is 24.6. The Morgan fingerprint density at radius 2 is 1.56 bits per heavy atom. The molecule has 3 aromatic rings. The number of carbonyl (C=O) groups excluding carboxylic acids is 2. The standard InChI is InChI=1S/C20H17NO3S/c22-18(19-7-4-14-25-19)12-13-20(23)21-15-8-10-17(11-9-15)24-16-5-2-1-3-6-16/h1-11,14H,12-13H2,(H,21,23). The van der Waals surface area contributed by atoms with Crippen molar-refractivity contribution in [2.24, 2.45) is 0 Å². The Balaban J connectivity index is 1.49. The average Bonchev–Trinajstić information content (AvgIpc) is 3.17. The van der Waals surface area contributed by atoms with Crippen LogP contribution in [0.3, 0.4) is 0 Å². The lowest BCUT2D eigenvalue weighted by molar-refractivity contribution is -0.116. The molecule has 0 aliphatic carbocycles. The van der Waals surface area contributed by atoms with Crippen LogP contribution in [0, 0.1) is 0 Å². The van der Waals surface area contributed by atoms with E-state index in [1.54, 1.807) is 30.3 Å². The van der Waals surface area contributed by atoms with Crippen LogP contribution in [0.25, 0.3) is 0 Å². The third-order valence-corrected chi connectivity index (χ3v) is 4.40. The molecule has 1 heterocycles. The van der Waals surface area contributed by atoms with Gasteiger partial charge in [-0.1, -0.05) is 24.3 Å². The summed E-state index contributed by atoms with van der Waals surface area (Å²) in [5, 5.41) is 4.64. The second-order valence-electron chi connectivity index (χ2n) is 5.39. The van der Waals surface area contributed by atoms with Gasteiger partial charge in [-0.15, -0.1) is 11.3 Å². The van der Waals surface area contributed by atoms with Crippen molar-refractivity contribution >= 4 is 28.7 Å². The maximum Gasteiger partial charge on any atom is 0.224 e. The maximum absolute atomic E-state index is 12.0. The molecule has 0 atom stereocenters. The summed E-state index contributed by atoms with van der Waals surface area (Å²) in [6.45, 7) is 0. The molecule has 126 valence electrons. The van der Waals surface area contributed by atoms with Crippen LogP contribution in [0.2, 0.25) is 0 Å². The van der Waals surface area contributed by atoms with Crippen LogP contribution in [0.5, 0.6) is 11.5 Å². The van der Waals surface area contributed by atoms with Crippen LogP contribution in [0.1, 0.15) is 22.5 Å². The number of carbonyl (C=O) groups is 2. The van der Waals surface area contributed by atoms with Crippen molar-refractivity contribution in [3.8, 4) is 11.5 Å². The fourth-order valence-electron chi connectivity index (χ4n) is 2.24. The minimum absolute atomic E-state index is 0.00300. The molecular weight excluding hydrogens is 334 g/mol. The van der Waals surface area contributed by atoms with E-state index in [1.807, 2.05) is 41.8 Å². The van der Waals surface area contributed by atoms with Crippen LogP contribution in [0.15, 0.2) is 72.1 Å². The van der Waals surface area contributed by atoms with E-state index < -0.39 is 0 Å². The zero-order chi connectivity index (χ0) is 17.5. The smallest absolute Gasteiger partial charge is 0.224 e. The van der Waals surface area contributed by atoms with Gasteiger partial charge in [0.15, 0.2) is 5.78 Å². The molecule has 5 heteroatoms. The molecular formula is C20H17NO3S. The van der Waals surface area contributed by atoms with Gasteiger partial charge < -0.3 is 10.1 Å². The number of Topliss-reactive ketones (excluding diaryl/α,β-unsaturated/α-hetero) is 1. The topological polar surface area (TPSA) is 55.4 Å². The maximum atomic E-state index is 12.0. The van der Waals surface area contributed by atoms with E-state index in [0.717, 1.165) is 5.75 Å². The number of amides is 1. The van der Waals surface area contributed by atoms with Crippen molar-refractivity contribution in [3.05, 3.63) is 77.0 Å². The molecule has 0 saturated heterocycles. The number of anilines is 1. The predicted molar refractivity (Wildman–Crippen MR) is 99.5 cm³/mol. The van der Waals surface area contributed by atoms with Gasteiger partial charge in [-0.05, 0) is 47.8 Å². The zero-order valence-corrected chi connectivity index (χ0v) is 14.3. The number of thiophene rings is 1. The number of benzene rings is 2. The molecule has 3 rings (SSSR count). The average molecular weight is 351 g/mol. The summed E-state index contributed by atoms with van der Waals surface area (Å²) in [6.07, 6.45) is 0.376. The first-order valence-electron chi connectivity index (χ1n) is 7.90. The van der Waals surface area contributed by atoms with Gasteiger partial charge in [0.2, 0.25) is 5.91 Å². The molecule has 0 radical (unpaired) electrons. The number of ketones is 1. The van der Waals surface area contributed by atoms with Crippen molar-refractivity contribution in [1.82, 2.24) is 0 Å². The first kappa shape index (κ1) is 16.9. The summed E-state index contributed by atoms with van der Waals surface area (Å²) >= 11 is 1.39. The van der Waals surface area contributed by atoms with E-state index in [4.69, 9.17) is 4.74 Å². The Hall–Kier alpha value is -2.92. The lowest BCUT2D eigenvalue weighted by Crippen LogP contribution is -2.13. The second kappa shape index (κ2) is 8.26. The molecule has 25 heavy (non-hydrogen) atoms. The van der Waals surface area contributed by atoms with Crippen molar-refractivity contribution in [2.75, 3.05) is 5.32 Å². The first-order valence-corrected chi connectivity index (χ1v) is 8.78. The van der Waals surface area contributed by atoms with Crippen molar-refractivity contribution in [1.29, 1.82) is 0 Å². The normalized spacial score (nSPS) is 10.2. The molecule has 0 spiro atoms. The number of hydrogen-bond donors (Lipinski definition) is 1. The van der Waals surface area contributed by atoms with Gasteiger partial charge in [0.1, 0.15) is 11.5 Å². The number of rotatable bonds is 7. The molecule has 0 unspecified atom stereocenters. The predicted octanol–water partition coefficient (Wildman–Crippen LogP) is 5.14. The number of ether oxygens (including phenoxy) is 1. The first-order chi connectivity index (χ1) is 12.2. The number of para-hydroxylation sites is 1. The third-order valence-electron chi connectivity index (χ3n) is 3.49. The fraction of sp³-hybridized carbons (Fsp3) is 0.100. The molecule has 1 aromatic heterocycles. The van der Waals surface area contributed by atoms with Crippen molar-refractivity contribution < 1.29 is 14.3 Å². The summed E-state index contributed by atoms with van der Waals surface area (Å²) in [5.41, 5.74) is 0.675. The van der Waals surface area contributed by atoms with E-state index in [2.05, 4.69) is 5.32 Å². The lowest BCUT2D eigenvalue weighted by Gasteiger charge is -2.08. The van der Waals surface area contributed by atoms with E-state index in [0.29, 0.717) is 16.3 Å². The Morgan fingerprint density at radius 1 is 0.840 bits per heavy atom. The van der Waals surface area contributed by atoms with Gasteiger partial charge in [0.05, 0.1) is 4.88 Å². The molecule has 0 aliphatic rings. The molecule has 0 fully saturated rings.